The van der Waals surface area contributed by atoms with E-state index < -0.39 is 0 Å². The molecule has 1 rings (SSSR count). The lowest BCUT2D eigenvalue weighted by atomic mass is 9.87. The lowest BCUT2D eigenvalue weighted by Crippen LogP contribution is -2.13. The molecule has 3 nitrogen and oxygen atoms in total. The molecule has 0 radical (unpaired) electrons. The van der Waals surface area contributed by atoms with Crippen LogP contribution in [0.1, 0.15) is 39.2 Å². The lowest BCUT2D eigenvalue weighted by Gasteiger charge is -2.19. The molecule has 17 heavy (non-hydrogen) atoms. The maximum absolute atomic E-state index is 11.4. The summed E-state index contributed by atoms with van der Waals surface area (Å²) in [6.07, 6.45) is 0.865. The fourth-order valence-corrected chi connectivity index (χ4v) is 1.52. The average molecular weight is 235 g/mol. The monoisotopic (exact) mass is 235 g/mol. The van der Waals surface area contributed by atoms with E-state index in [1.807, 2.05) is 24.3 Å². The third-order valence-electron chi connectivity index (χ3n) is 2.60. The first-order chi connectivity index (χ1) is 7.93. The maximum atomic E-state index is 11.4. The number of nitrogens with one attached hydrogen (secondary N) is 1. The highest BCUT2D eigenvalue weighted by molar-refractivity contribution is 5.90. The van der Waals surface area contributed by atoms with Crippen LogP contribution >= 0.6 is 0 Å². The van der Waals surface area contributed by atoms with Crippen molar-refractivity contribution >= 4 is 11.6 Å². The Morgan fingerprint density at radius 2 is 1.82 bits per heavy atom. The summed E-state index contributed by atoms with van der Waals surface area (Å²) in [6.45, 7) is 6.52. The molecule has 3 heteroatoms. The summed E-state index contributed by atoms with van der Waals surface area (Å²) >= 11 is 0. The molecule has 1 aromatic rings. The van der Waals surface area contributed by atoms with E-state index in [4.69, 9.17) is 5.11 Å². The fourth-order valence-electron chi connectivity index (χ4n) is 1.52. The first kappa shape index (κ1) is 13.7. The van der Waals surface area contributed by atoms with Crippen LogP contribution in [-0.4, -0.2) is 17.6 Å². The number of amides is 1. The van der Waals surface area contributed by atoms with Crippen LogP contribution in [0.4, 0.5) is 5.69 Å². The zero-order chi connectivity index (χ0) is 12.9. The van der Waals surface area contributed by atoms with Gasteiger partial charge in [0.25, 0.3) is 0 Å². The minimum atomic E-state index is -0.0532. The highest BCUT2D eigenvalue weighted by Crippen LogP contribution is 2.23. The number of hydrogen-bond donors (Lipinski definition) is 2. The average Bonchev–Trinajstić information content (AvgIpc) is 2.26. The molecular weight excluding hydrogens is 214 g/mol. The van der Waals surface area contributed by atoms with Crippen molar-refractivity contribution < 1.29 is 9.90 Å². The van der Waals surface area contributed by atoms with Gasteiger partial charge >= 0.3 is 0 Å². The van der Waals surface area contributed by atoms with Crippen molar-refractivity contribution in [1.82, 2.24) is 0 Å². The Morgan fingerprint density at radius 1 is 1.24 bits per heavy atom. The molecule has 0 aliphatic carbocycles. The van der Waals surface area contributed by atoms with Gasteiger partial charge in [0.15, 0.2) is 0 Å². The summed E-state index contributed by atoms with van der Waals surface area (Å²) in [4.78, 5) is 11.4. The van der Waals surface area contributed by atoms with Crippen molar-refractivity contribution in [2.45, 2.75) is 39.0 Å². The molecule has 0 aromatic heterocycles. The molecule has 2 N–H and O–H groups in total. The van der Waals surface area contributed by atoms with Crippen LogP contribution in [0.2, 0.25) is 0 Å². The van der Waals surface area contributed by atoms with Gasteiger partial charge in [-0.3, -0.25) is 4.79 Å². The maximum Gasteiger partial charge on any atom is 0.224 e. The number of hydrogen-bond acceptors (Lipinski definition) is 2. The van der Waals surface area contributed by atoms with E-state index in [0.717, 1.165) is 5.69 Å². The highest BCUT2D eigenvalue weighted by atomic mass is 16.3. The third kappa shape index (κ3) is 4.57. The molecule has 0 saturated heterocycles. The van der Waals surface area contributed by atoms with E-state index in [0.29, 0.717) is 12.8 Å². The molecular formula is C14H21NO2. The van der Waals surface area contributed by atoms with Gasteiger partial charge in [0.1, 0.15) is 0 Å². The first-order valence-electron chi connectivity index (χ1n) is 5.95. The van der Waals surface area contributed by atoms with Gasteiger partial charge in [-0.05, 0) is 29.5 Å². The van der Waals surface area contributed by atoms with Crippen LogP contribution in [0.15, 0.2) is 24.3 Å². The Hall–Kier alpha value is -1.35. The van der Waals surface area contributed by atoms with Crippen molar-refractivity contribution in [3.63, 3.8) is 0 Å². The summed E-state index contributed by atoms with van der Waals surface area (Å²) < 4.78 is 0. The molecule has 94 valence electrons. The van der Waals surface area contributed by atoms with Crippen molar-refractivity contribution in [3.05, 3.63) is 29.8 Å². The number of carbonyl (C=O) groups excluding carboxylic acids is 1. The Morgan fingerprint density at radius 3 is 2.29 bits per heavy atom. The number of rotatable bonds is 4. The Bertz CT molecular complexity index is 363. The second-order valence-electron chi connectivity index (χ2n) is 5.20. The van der Waals surface area contributed by atoms with Gasteiger partial charge in [-0.15, -0.1) is 0 Å². The number of anilines is 1. The normalized spacial score (nSPS) is 11.3. The molecule has 0 bridgehead atoms. The molecule has 1 aromatic carbocycles. The number of carbonyl (C=O) groups is 1. The summed E-state index contributed by atoms with van der Waals surface area (Å²) in [5.74, 6) is -0.0532. The van der Waals surface area contributed by atoms with E-state index in [1.54, 1.807) is 0 Å². The SMILES string of the molecule is CC(C)(C)c1ccc(NC(=O)CCCO)cc1. The topological polar surface area (TPSA) is 49.3 Å². The van der Waals surface area contributed by atoms with Gasteiger partial charge in [-0.25, -0.2) is 0 Å². The van der Waals surface area contributed by atoms with Crippen LogP contribution in [0.3, 0.4) is 0 Å². The Kier molecular flexibility index (Phi) is 4.70. The standard InChI is InChI=1S/C14H21NO2/c1-14(2,3)11-6-8-12(9-7-11)15-13(17)5-4-10-16/h6-9,16H,4-5,10H2,1-3H3,(H,15,17). The van der Waals surface area contributed by atoms with E-state index in [9.17, 15) is 4.79 Å². The predicted molar refractivity (Wildman–Crippen MR) is 70.1 cm³/mol. The summed E-state index contributed by atoms with van der Waals surface area (Å²) in [5, 5.41) is 11.4. The first-order valence-corrected chi connectivity index (χ1v) is 5.95. The van der Waals surface area contributed by atoms with E-state index in [-0.39, 0.29) is 17.9 Å². The molecule has 0 fully saturated rings. The molecule has 0 spiro atoms. The van der Waals surface area contributed by atoms with Crippen molar-refractivity contribution in [2.75, 3.05) is 11.9 Å². The van der Waals surface area contributed by atoms with Crippen LogP contribution in [0.25, 0.3) is 0 Å². The van der Waals surface area contributed by atoms with Crippen molar-refractivity contribution in [3.8, 4) is 0 Å². The Balaban J connectivity index is 2.60. The van der Waals surface area contributed by atoms with Crippen molar-refractivity contribution in [2.24, 2.45) is 0 Å². The van der Waals surface area contributed by atoms with Gasteiger partial charge in [0.05, 0.1) is 0 Å². The van der Waals surface area contributed by atoms with Gasteiger partial charge in [-0.2, -0.15) is 0 Å². The molecule has 0 aliphatic heterocycles. The smallest absolute Gasteiger partial charge is 0.224 e. The van der Waals surface area contributed by atoms with Crippen LogP contribution in [0.5, 0.6) is 0 Å². The zero-order valence-electron chi connectivity index (χ0n) is 10.8. The number of aliphatic hydroxyl groups is 1. The van der Waals surface area contributed by atoms with Crippen molar-refractivity contribution in [1.29, 1.82) is 0 Å². The summed E-state index contributed by atoms with van der Waals surface area (Å²) in [7, 11) is 0. The molecule has 0 atom stereocenters. The van der Waals surface area contributed by atoms with Crippen LogP contribution in [0, 0.1) is 0 Å². The minimum Gasteiger partial charge on any atom is -0.396 e. The largest absolute Gasteiger partial charge is 0.396 e. The third-order valence-corrected chi connectivity index (χ3v) is 2.60. The van der Waals surface area contributed by atoms with Gasteiger partial charge in [0, 0.05) is 18.7 Å². The van der Waals surface area contributed by atoms with Gasteiger partial charge in [-0.1, -0.05) is 32.9 Å². The van der Waals surface area contributed by atoms with Crippen LogP contribution in [-0.2, 0) is 10.2 Å². The summed E-state index contributed by atoms with van der Waals surface area (Å²) in [5.41, 5.74) is 2.17. The van der Waals surface area contributed by atoms with Crippen LogP contribution < -0.4 is 5.32 Å². The number of benzene rings is 1. The van der Waals surface area contributed by atoms with Gasteiger partial charge < -0.3 is 10.4 Å². The Labute approximate surface area is 103 Å². The second-order valence-corrected chi connectivity index (χ2v) is 5.20. The molecule has 0 saturated carbocycles. The number of aliphatic hydroxyl groups excluding tert-OH is 1. The molecule has 0 aliphatic rings. The van der Waals surface area contributed by atoms with E-state index >= 15 is 0 Å². The zero-order valence-corrected chi connectivity index (χ0v) is 10.8. The summed E-state index contributed by atoms with van der Waals surface area (Å²) in [6, 6.07) is 7.89. The lowest BCUT2D eigenvalue weighted by molar-refractivity contribution is -0.116. The minimum absolute atomic E-state index is 0.0520. The van der Waals surface area contributed by atoms with E-state index in [1.165, 1.54) is 5.56 Å². The van der Waals surface area contributed by atoms with E-state index in [2.05, 4.69) is 26.1 Å². The second kappa shape index (κ2) is 5.82. The van der Waals surface area contributed by atoms with Gasteiger partial charge in [0.2, 0.25) is 5.91 Å². The molecule has 0 heterocycles. The fraction of sp³-hybridized carbons (Fsp3) is 0.500. The highest BCUT2D eigenvalue weighted by Gasteiger charge is 2.13. The predicted octanol–water partition coefficient (Wildman–Crippen LogP) is 2.70. The molecule has 0 unspecified atom stereocenters. The quantitative estimate of drug-likeness (QED) is 0.843. The molecule has 1 amide bonds.